The van der Waals surface area contributed by atoms with E-state index in [2.05, 4.69) is 13.0 Å². The summed E-state index contributed by atoms with van der Waals surface area (Å²) in [5.41, 5.74) is 0. The van der Waals surface area contributed by atoms with Crippen LogP contribution in [0.3, 0.4) is 0 Å². The highest BCUT2D eigenvalue weighted by Crippen LogP contribution is 2.46. The first-order valence-corrected chi connectivity index (χ1v) is 3.32. The van der Waals surface area contributed by atoms with Gasteiger partial charge in [-0.1, -0.05) is 6.92 Å². The first kappa shape index (κ1) is 5.30. The van der Waals surface area contributed by atoms with Crippen molar-refractivity contribution < 1.29 is 9.47 Å². The molecule has 0 bridgehead atoms. The van der Waals surface area contributed by atoms with Crippen LogP contribution in [-0.2, 0) is 9.47 Å². The normalized spacial score (nSPS) is 45.6. The second-order valence-electron chi connectivity index (χ2n) is 2.64. The molecule has 2 atom stereocenters. The van der Waals surface area contributed by atoms with E-state index in [-0.39, 0.29) is 11.9 Å². The van der Waals surface area contributed by atoms with E-state index in [1.54, 1.807) is 0 Å². The predicted molar refractivity (Wildman–Crippen MR) is 32.7 cm³/mol. The average Bonchev–Trinajstić information content (AvgIpc) is 2.33. The Balaban J connectivity index is 2.12. The van der Waals surface area contributed by atoms with Crippen LogP contribution in [0.15, 0.2) is 11.8 Å². The monoisotopic (exact) mass is 126 g/mol. The lowest BCUT2D eigenvalue weighted by atomic mass is 10.3. The van der Waals surface area contributed by atoms with Gasteiger partial charge in [-0.3, -0.25) is 0 Å². The van der Waals surface area contributed by atoms with Crippen molar-refractivity contribution in [2.75, 3.05) is 0 Å². The maximum absolute atomic E-state index is 5.41. The molecule has 1 saturated heterocycles. The molecule has 2 aliphatic heterocycles. The Hall–Kier alpha value is -0.500. The van der Waals surface area contributed by atoms with E-state index in [0.717, 1.165) is 12.2 Å². The van der Waals surface area contributed by atoms with Gasteiger partial charge >= 0.3 is 0 Å². The second kappa shape index (κ2) is 1.32. The first-order chi connectivity index (χ1) is 4.24. The third kappa shape index (κ3) is 0.597. The van der Waals surface area contributed by atoms with Crippen molar-refractivity contribution in [1.82, 2.24) is 0 Å². The molecule has 2 unspecified atom stereocenters. The summed E-state index contributed by atoms with van der Waals surface area (Å²) in [6.07, 6.45) is 3.29. The van der Waals surface area contributed by atoms with Crippen molar-refractivity contribution in [1.29, 1.82) is 0 Å². The van der Waals surface area contributed by atoms with E-state index in [4.69, 9.17) is 9.47 Å². The largest absolute Gasteiger partial charge is 0.464 e. The van der Waals surface area contributed by atoms with Crippen LogP contribution in [0.25, 0.3) is 0 Å². The lowest BCUT2D eigenvalue weighted by Crippen LogP contribution is -2.06. The molecule has 0 amide bonds. The van der Waals surface area contributed by atoms with E-state index >= 15 is 0 Å². The minimum absolute atomic E-state index is 0.257. The van der Waals surface area contributed by atoms with Crippen LogP contribution < -0.4 is 0 Å². The minimum Gasteiger partial charge on any atom is -0.464 e. The maximum atomic E-state index is 5.41. The van der Waals surface area contributed by atoms with Crippen molar-refractivity contribution in [3.8, 4) is 0 Å². The fourth-order valence-corrected chi connectivity index (χ4v) is 1.14. The fraction of sp³-hybridized carbons (Fsp3) is 0.714. The SMILES string of the molecule is CCC1=CC2OC2(C)O1. The molecule has 0 N–H and O–H groups in total. The summed E-state index contributed by atoms with van der Waals surface area (Å²) in [7, 11) is 0. The predicted octanol–water partition coefficient (Wildman–Crippen LogP) is 1.43. The van der Waals surface area contributed by atoms with Gasteiger partial charge in [0.05, 0.1) is 5.76 Å². The summed E-state index contributed by atoms with van der Waals surface area (Å²) < 4.78 is 10.6. The molecule has 0 radical (unpaired) electrons. The molecule has 0 saturated carbocycles. The highest BCUT2D eigenvalue weighted by atomic mass is 16.8. The number of allylic oxidation sites excluding steroid dienone is 1. The maximum Gasteiger partial charge on any atom is 0.238 e. The summed E-state index contributed by atoms with van der Waals surface area (Å²) in [5.74, 6) is 0.819. The molecule has 0 aliphatic carbocycles. The molecule has 1 fully saturated rings. The van der Waals surface area contributed by atoms with Gasteiger partial charge in [0.25, 0.3) is 0 Å². The summed E-state index contributed by atoms with van der Waals surface area (Å²) in [4.78, 5) is 0. The van der Waals surface area contributed by atoms with Crippen molar-refractivity contribution in [2.45, 2.75) is 32.2 Å². The Morgan fingerprint density at radius 1 is 1.78 bits per heavy atom. The standard InChI is InChI=1S/C7H10O2/c1-3-5-4-6-7(2,8-5)9-6/h4,6H,3H2,1-2H3. The highest BCUT2D eigenvalue weighted by Gasteiger charge is 2.58. The van der Waals surface area contributed by atoms with Crippen LogP contribution in [0, 0.1) is 0 Å². The summed E-state index contributed by atoms with van der Waals surface area (Å²) in [5, 5.41) is 0. The quantitative estimate of drug-likeness (QED) is 0.496. The topological polar surface area (TPSA) is 21.8 Å². The molecule has 0 aromatic carbocycles. The Bertz CT molecular complexity index is 174. The van der Waals surface area contributed by atoms with E-state index in [9.17, 15) is 0 Å². The molecule has 2 aliphatic rings. The van der Waals surface area contributed by atoms with E-state index in [1.807, 2.05) is 6.92 Å². The molecule has 2 heterocycles. The number of hydrogen-bond acceptors (Lipinski definition) is 2. The lowest BCUT2D eigenvalue weighted by Gasteiger charge is -2.06. The zero-order valence-corrected chi connectivity index (χ0v) is 5.68. The molecule has 9 heavy (non-hydrogen) atoms. The van der Waals surface area contributed by atoms with Crippen LogP contribution >= 0.6 is 0 Å². The molecule has 2 heteroatoms. The Kier molecular flexibility index (Phi) is 0.776. The molecule has 2 nitrogen and oxygen atoms in total. The van der Waals surface area contributed by atoms with Crippen LogP contribution in [0.1, 0.15) is 20.3 Å². The van der Waals surface area contributed by atoms with Gasteiger partial charge in [0, 0.05) is 13.3 Å². The fourth-order valence-electron chi connectivity index (χ4n) is 1.14. The van der Waals surface area contributed by atoms with Gasteiger partial charge < -0.3 is 9.47 Å². The van der Waals surface area contributed by atoms with Gasteiger partial charge in [0.2, 0.25) is 5.79 Å². The third-order valence-electron chi connectivity index (χ3n) is 1.84. The molecule has 2 rings (SSSR count). The van der Waals surface area contributed by atoms with Gasteiger partial charge in [-0.15, -0.1) is 0 Å². The third-order valence-corrected chi connectivity index (χ3v) is 1.84. The molecule has 50 valence electrons. The number of rotatable bonds is 1. The zero-order chi connectivity index (χ0) is 6.48. The van der Waals surface area contributed by atoms with Crippen LogP contribution in [0.4, 0.5) is 0 Å². The summed E-state index contributed by atoms with van der Waals surface area (Å²) in [6.45, 7) is 4.05. The zero-order valence-electron chi connectivity index (χ0n) is 5.68. The van der Waals surface area contributed by atoms with Gasteiger partial charge in [-0.25, -0.2) is 0 Å². The minimum atomic E-state index is -0.259. The van der Waals surface area contributed by atoms with Gasteiger partial charge in [0.15, 0.2) is 0 Å². The van der Waals surface area contributed by atoms with Crippen molar-refractivity contribution in [2.24, 2.45) is 0 Å². The van der Waals surface area contributed by atoms with Crippen molar-refractivity contribution >= 4 is 0 Å². The second-order valence-corrected chi connectivity index (χ2v) is 2.64. The Morgan fingerprint density at radius 2 is 2.56 bits per heavy atom. The Morgan fingerprint density at radius 3 is 2.89 bits per heavy atom. The van der Waals surface area contributed by atoms with Gasteiger partial charge in [-0.05, 0) is 6.08 Å². The molecular weight excluding hydrogens is 116 g/mol. The Labute approximate surface area is 54.5 Å². The van der Waals surface area contributed by atoms with Crippen LogP contribution in [0.2, 0.25) is 0 Å². The molecule has 0 spiro atoms. The smallest absolute Gasteiger partial charge is 0.238 e. The lowest BCUT2D eigenvalue weighted by molar-refractivity contribution is 0.0148. The van der Waals surface area contributed by atoms with Crippen LogP contribution in [0.5, 0.6) is 0 Å². The van der Waals surface area contributed by atoms with E-state index in [0.29, 0.717) is 0 Å². The van der Waals surface area contributed by atoms with Crippen LogP contribution in [-0.4, -0.2) is 11.9 Å². The number of epoxide rings is 1. The van der Waals surface area contributed by atoms with Crippen molar-refractivity contribution in [3.63, 3.8) is 0 Å². The molecule has 0 aromatic rings. The van der Waals surface area contributed by atoms with Gasteiger partial charge in [-0.2, -0.15) is 0 Å². The highest BCUT2D eigenvalue weighted by molar-refractivity contribution is 5.17. The van der Waals surface area contributed by atoms with E-state index in [1.165, 1.54) is 0 Å². The summed E-state index contributed by atoms with van der Waals surface area (Å²) in [6, 6.07) is 0. The van der Waals surface area contributed by atoms with Crippen molar-refractivity contribution in [3.05, 3.63) is 11.8 Å². The summed E-state index contributed by atoms with van der Waals surface area (Å²) >= 11 is 0. The number of fused-ring (bicyclic) bond motifs is 1. The van der Waals surface area contributed by atoms with Gasteiger partial charge in [0.1, 0.15) is 6.10 Å². The average molecular weight is 126 g/mol. The molecule has 0 aromatic heterocycles. The number of hydrogen-bond donors (Lipinski definition) is 0. The van der Waals surface area contributed by atoms with E-state index < -0.39 is 0 Å². The number of ether oxygens (including phenoxy) is 2. The molecular formula is C7H10O2. The first-order valence-electron chi connectivity index (χ1n) is 3.32.